The standard InChI is InChI=1S/C21H27ClN4O2/c1-15-16(2)24-21(22)20(26(27)28)19(15)23-11-8-17-9-12-25(13-10-17)14-18-6-4-3-5-7-18/h3-7,17H,8-14H2,1-2H3,(H,23,24). The van der Waals surface area contributed by atoms with Gasteiger partial charge in [0.05, 0.1) is 4.92 Å². The zero-order valence-electron chi connectivity index (χ0n) is 16.4. The first kappa shape index (κ1) is 20.6. The summed E-state index contributed by atoms with van der Waals surface area (Å²) in [4.78, 5) is 17.5. The van der Waals surface area contributed by atoms with Crippen LogP contribution in [0.4, 0.5) is 11.4 Å². The van der Waals surface area contributed by atoms with Gasteiger partial charge in [-0.1, -0.05) is 41.9 Å². The Balaban J connectivity index is 1.51. The van der Waals surface area contributed by atoms with Crippen LogP contribution in [0.5, 0.6) is 0 Å². The minimum atomic E-state index is -0.452. The van der Waals surface area contributed by atoms with Gasteiger partial charge in [-0.05, 0) is 57.7 Å². The smallest absolute Gasteiger partial charge is 0.329 e. The number of hydrogen-bond donors (Lipinski definition) is 1. The summed E-state index contributed by atoms with van der Waals surface area (Å²) in [5.41, 5.74) is 3.24. The van der Waals surface area contributed by atoms with E-state index in [0.29, 0.717) is 23.8 Å². The molecule has 0 aliphatic carbocycles. The Kier molecular flexibility index (Phi) is 6.86. The van der Waals surface area contributed by atoms with Gasteiger partial charge >= 0.3 is 5.69 Å². The van der Waals surface area contributed by atoms with Gasteiger partial charge in [0.15, 0.2) is 0 Å². The first-order chi connectivity index (χ1) is 13.5. The highest BCUT2D eigenvalue weighted by atomic mass is 35.5. The fourth-order valence-electron chi connectivity index (χ4n) is 3.80. The van der Waals surface area contributed by atoms with Crippen molar-refractivity contribution >= 4 is 23.0 Å². The first-order valence-corrected chi connectivity index (χ1v) is 10.1. The van der Waals surface area contributed by atoms with E-state index in [1.54, 1.807) is 0 Å². The Labute approximate surface area is 171 Å². The summed E-state index contributed by atoms with van der Waals surface area (Å²) in [6, 6.07) is 10.6. The van der Waals surface area contributed by atoms with Crippen LogP contribution < -0.4 is 5.32 Å². The molecule has 0 atom stereocenters. The van der Waals surface area contributed by atoms with Gasteiger partial charge < -0.3 is 5.32 Å². The summed E-state index contributed by atoms with van der Waals surface area (Å²) in [6.45, 7) is 7.56. The fourth-order valence-corrected chi connectivity index (χ4v) is 4.10. The largest absolute Gasteiger partial charge is 0.379 e. The number of aryl methyl sites for hydroxylation is 1. The highest BCUT2D eigenvalue weighted by Gasteiger charge is 2.25. The van der Waals surface area contributed by atoms with Gasteiger partial charge in [0.25, 0.3) is 0 Å². The second-order valence-corrected chi connectivity index (χ2v) is 7.87. The number of anilines is 1. The van der Waals surface area contributed by atoms with Crippen LogP contribution in [0.1, 0.15) is 36.1 Å². The number of pyridine rings is 1. The molecule has 1 aliphatic heterocycles. The Bertz CT molecular complexity index is 821. The Morgan fingerprint density at radius 2 is 1.93 bits per heavy atom. The van der Waals surface area contributed by atoms with Gasteiger partial charge in [-0.15, -0.1) is 0 Å². The van der Waals surface area contributed by atoms with Gasteiger partial charge in [-0.25, -0.2) is 4.98 Å². The Hall–Kier alpha value is -2.18. The summed E-state index contributed by atoms with van der Waals surface area (Å²) in [5.74, 6) is 0.636. The lowest BCUT2D eigenvalue weighted by Crippen LogP contribution is -2.33. The van der Waals surface area contributed by atoms with Crippen molar-refractivity contribution in [3.05, 3.63) is 62.4 Å². The van der Waals surface area contributed by atoms with Crippen LogP contribution in [0.3, 0.4) is 0 Å². The molecule has 1 saturated heterocycles. The van der Waals surface area contributed by atoms with E-state index in [9.17, 15) is 10.1 Å². The number of rotatable bonds is 7. The zero-order chi connectivity index (χ0) is 20.1. The number of hydrogen-bond acceptors (Lipinski definition) is 5. The molecule has 2 heterocycles. The van der Waals surface area contributed by atoms with E-state index in [-0.39, 0.29) is 10.8 Å². The van der Waals surface area contributed by atoms with E-state index >= 15 is 0 Å². The predicted octanol–water partition coefficient (Wildman–Crippen LogP) is 4.97. The van der Waals surface area contributed by atoms with Crippen LogP contribution >= 0.6 is 11.6 Å². The lowest BCUT2D eigenvalue weighted by atomic mass is 9.93. The number of nitro groups is 1. The molecule has 0 saturated carbocycles. The van der Waals surface area contributed by atoms with Crippen molar-refractivity contribution in [2.24, 2.45) is 5.92 Å². The third-order valence-electron chi connectivity index (χ3n) is 5.61. The van der Waals surface area contributed by atoms with Gasteiger partial charge in [-0.2, -0.15) is 0 Å². The molecule has 0 amide bonds. The molecule has 1 N–H and O–H groups in total. The van der Waals surface area contributed by atoms with Crippen LogP contribution in [0, 0.1) is 29.9 Å². The zero-order valence-corrected chi connectivity index (χ0v) is 17.2. The quantitative estimate of drug-likeness (QED) is 0.402. The maximum atomic E-state index is 11.4. The average molecular weight is 403 g/mol. The molecule has 1 aromatic heterocycles. The van der Waals surface area contributed by atoms with E-state index in [0.717, 1.165) is 44.5 Å². The van der Waals surface area contributed by atoms with Crippen LogP contribution in [-0.4, -0.2) is 34.4 Å². The van der Waals surface area contributed by atoms with Crippen LogP contribution in [0.2, 0.25) is 5.15 Å². The molecule has 0 spiro atoms. The SMILES string of the molecule is Cc1nc(Cl)c([N+](=O)[O-])c(NCCC2CCN(Cc3ccccc3)CC2)c1C. The number of likely N-dealkylation sites (tertiary alicyclic amines) is 1. The molecule has 7 heteroatoms. The number of halogens is 1. The average Bonchev–Trinajstić information content (AvgIpc) is 2.67. The number of aromatic nitrogens is 1. The normalized spacial score (nSPS) is 15.5. The van der Waals surface area contributed by atoms with Crippen molar-refractivity contribution < 1.29 is 4.92 Å². The molecule has 1 aromatic carbocycles. The molecule has 1 fully saturated rings. The Morgan fingerprint density at radius 1 is 1.25 bits per heavy atom. The molecular weight excluding hydrogens is 376 g/mol. The summed E-state index contributed by atoms with van der Waals surface area (Å²) >= 11 is 6.01. The lowest BCUT2D eigenvalue weighted by Gasteiger charge is -2.32. The number of piperidine rings is 1. The van der Waals surface area contributed by atoms with Gasteiger partial charge in [-0.3, -0.25) is 15.0 Å². The molecule has 0 bridgehead atoms. The maximum Gasteiger partial charge on any atom is 0.329 e. The minimum absolute atomic E-state index is 0.0511. The van der Waals surface area contributed by atoms with Crippen molar-refractivity contribution in [1.82, 2.24) is 9.88 Å². The highest BCUT2D eigenvalue weighted by Crippen LogP contribution is 2.35. The molecule has 6 nitrogen and oxygen atoms in total. The lowest BCUT2D eigenvalue weighted by molar-refractivity contribution is -0.384. The third-order valence-corrected chi connectivity index (χ3v) is 5.87. The van der Waals surface area contributed by atoms with Crippen LogP contribution in [0.25, 0.3) is 0 Å². The summed E-state index contributed by atoms with van der Waals surface area (Å²) in [6.07, 6.45) is 3.31. The third kappa shape index (κ3) is 5.00. The fraction of sp³-hybridized carbons (Fsp3) is 0.476. The molecule has 0 radical (unpaired) electrons. The van der Waals surface area contributed by atoms with E-state index in [1.807, 2.05) is 19.9 Å². The predicted molar refractivity (Wildman–Crippen MR) is 113 cm³/mol. The summed E-state index contributed by atoms with van der Waals surface area (Å²) in [7, 11) is 0. The van der Waals surface area contributed by atoms with E-state index < -0.39 is 4.92 Å². The molecular formula is C21H27ClN4O2. The summed E-state index contributed by atoms with van der Waals surface area (Å²) < 4.78 is 0. The summed E-state index contributed by atoms with van der Waals surface area (Å²) in [5, 5.41) is 14.6. The number of benzene rings is 1. The van der Waals surface area contributed by atoms with Gasteiger partial charge in [0.2, 0.25) is 5.15 Å². The number of nitrogens with one attached hydrogen (secondary N) is 1. The van der Waals surface area contributed by atoms with Crippen molar-refractivity contribution in [1.29, 1.82) is 0 Å². The first-order valence-electron chi connectivity index (χ1n) is 9.77. The van der Waals surface area contributed by atoms with Crippen molar-refractivity contribution in [2.45, 2.75) is 39.7 Å². The van der Waals surface area contributed by atoms with Crippen molar-refractivity contribution in [3.63, 3.8) is 0 Å². The van der Waals surface area contributed by atoms with E-state index in [4.69, 9.17) is 11.6 Å². The van der Waals surface area contributed by atoms with E-state index in [1.165, 1.54) is 5.56 Å². The van der Waals surface area contributed by atoms with Crippen molar-refractivity contribution in [2.75, 3.05) is 25.0 Å². The Morgan fingerprint density at radius 3 is 2.57 bits per heavy atom. The van der Waals surface area contributed by atoms with Gasteiger partial charge in [0, 0.05) is 24.3 Å². The minimum Gasteiger partial charge on any atom is -0.379 e. The molecule has 0 unspecified atom stereocenters. The molecule has 2 aromatic rings. The van der Waals surface area contributed by atoms with Crippen LogP contribution in [0.15, 0.2) is 30.3 Å². The molecule has 28 heavy (non-hydrogen) atoms. The number of nitrogens with zero attached hydrogens (tertiary/aromatic N) is 3. The van der Waals surface area contributed by atoms with Crippen molar-refractivity contribution in [3.8, 4) is 0 Å². The topological polar surface area (TPSA) is 71.3 Å². The van der Waals surface area contributed by atoms with E-state index in [2.05, 4.69) is 39.5 Å². The second-order valence-electron chi connectivity index (χ2n) is 7.51. The molecule has 3 rings (SSSR count). The highest BCUT2D eigenvalue weighted by molar-refractivity contribution is 6.32. The molecule has 150 valence electrons. The van der Waals surface area contributed by atoms with Crippen LogP contribution in [-0.2, 0) is 6.54 Å². The molecule has 1 aliphatic rings. The monoisotopic (exact) mass is 402 g/mol. The van der Waals surface area contributed by atoms with Gasteiger partial charge in [0.1, 0.15) is 5.69 Å². The maximum absolute atomic E-state index is 11.4. The second kappa shape index (κ2) is 9.34.